The summed E-state index contributed by atoms with van der Waals surface area (Å²) in [7, 11) is 0. The maximum atomic E-state index is 12.5. The van der Waals surface area contributed by atoms with Crippen LogP contribution in [0.15, 0.2) is 35.5 Å². The van der Waals surface area contributed by atoms with Crippen molar-refractivity contribution in [1.29, 1.82) is 0 Å². The van der Waals surface area contributed by atoms with Crippen molar-refractivity contribution < 1.29 is 29.0 Å². The van der Waals surface area contributed by atoms with Crippen LogP contribution in [0.5, 0.6) is 0 Å². The lowest BCUT2D eigenvalue weighted by Gasteiger charge is -2.19. The molecule has 0 aromatic heterocycles. The van der Waals surface area contributed by atoms with Crippen LogP contribution in [0, 0.1) is 5.92 Å². The van der Waals surface area contributed by atoms with Crippen LogP contribution in [0.3, 0.4) is 0 Å². The number of ketones is 2. The fourth-order valence-corrected chi connectivity index (χ4v) is 3.40. The predicted octanol–water partition coefficient (Wildman–Crippen LogP) is 2.46. The summed E-state index contributed by atoms with van der Waals surface area (Å²) in [5.74, 6) is -1.12. The minimum Gasteiger partial charge on any atom is -0.455 e. The van der Waals surface area contributed by atoms with Crippen LogP contribution in [0.4, 0.5) is 0 Å². The number of ether oxygens (including phenoxy) is 2. The molecule has 0 saturated carbocycles. The standard InChI is InChI=1S/C21H28O6/c1-5-26-18-11-15(22)10-14(12(2)3)6-7-16-20(24)19(27-21(16)25)9-13(4)8-17(18)23/h7-8,14,18-20,24H,2,5-6,9-11H2,1,3-4H3/b13-8+,16-7-/t14-,18-,19+,20-/m0/s1. The van der Waals surface area contributed by atoms with Gasteiger partial charge in [0.15, 0.2) is 5.78 Å². The molecule has 0 unspecified atom stereocenters. The molecule has 27 heavy (non-hydrogen) atoms. The van der Waals surface area contributed by atoms with E-state index in [-0.39, 0.29) is 42.3 Å². The van der Waals surface area contributed by atoms with Crippen LogP contribution in [0.1, 0.15) is 46.5 Å². The van der Waals surface area contributed by atoms with E-state index < -0.39 is 24.3 Å². The maximum Gasteiger partial charge on any atom is 0.336 e. The van der Waals surface area contributed by atoms with Gasteiger partial charge in [0.1, 0.15) is 24.1 Å². The van der Waals surface area contributed by atoms with E-state index in [0.717, 1.165) is 5.57 Å². The smallest absolute Gasteiger partial charge is 0.336 e. The Bertz CT molecular complexity index is 687. The Morgan fingerprint density at radius 2 is 2.00 bits per heavy atom. The SMILES string of the molecule is C=C(C)[C@H]1C/C=C2\C(=O)O[C@H](C/C(C)=C/C(=O)[C@@H](OCC)CC(=O)C1)[C@H]2O. The minimum absolute atomic E-state index is 0.0122. The van der Waals surface area contributed by atoms with E-state index in [1.807, 2.05) is 6.92 Å². The summed E-state index contributed by atoms with van der Waals surface area (Å²) in [6.07, 6.45) is 1.32. The van der Waals surface area contributed by atoms with Gasteiger partial charge in [0.2, 0.25) is 0 Å². The van der Waals surface area contributed by atoms with Gasteiger partial charge >= 0.3 is 5.97 Å². The molecule has 1 aliphatic heterocycles. The van der Waals surface area contributed by atoms with E-state index in [4.69, 9.17) is 9.47 Å². The summed E-state index contributed by atoms with van der Waals surface area (Å²) in [4.78, 5) is 37.2. The molecule has 6 nitrogen and oxygen atoms in total. The number of esters is 1. The topological polar surface area (TPSA) is 89.9 Å². The van der Waals surface area contributed by atoms with Crippen LogP contribution in [0.25, 0.3) is 0 Å². The molecule has 2 rings (SSSR count). The molecule has 0 amide bonds. The fourth-order valence-electron chi connectivity index (χ4n) is 3.40. The lowest BCUT2D eigenvalue weighted by Crippen LogP contribution is -2.28. The average Bonchev–Trinajstić information content (AvgIpc) is 2.83. The Kier molecular flexibility index (Phi) is 7.27. The monoisotopic (exact) mass is 376 g/mol. The Hall–Kier alpha value is -2.05. The first-order valence-electron chi connectivity index (χ1n) is 9.31. The number of hydrogen-bond donors (Lipinski definition) is 1. The van der Waals surface area contributed by atoms with Crippen molar-refractivity contribution in [3.8, 4) is 0 Å². The first-order chi connectivity index (χ1) is 12.7. The molecule has 2 aliphatic rings. The molecule has 1 N–H and O–H groups in total. The molecule has 6 heteroatoms. The van der Waals surface area contributed by atoms with Crippen molar-refractivity contribution in [3.63, 3.8) is 0 Å². The summed E-state index contributed by atoms with van der Waals surface area (Å²) in [6, 6.07) is 0. The van der Waals surface area contributed by atoms with Crippen LogP contribution < -0.4 is 0 Å². The van der Waals surface area contributed by atoms with Crippen molar-refractivity contribution in [2.24, 2.45) is 5.92 Å². The van der Waals surface area contributed by atoms with E-state index in [2.05, 4.69) is 6.58 Å². The summed E-state index contributed by atoms with van der Waals surface area (Å²) < 4.78 is 10.8. The largest absolute Gasteiger partial charge is 0.455 e. The lowest BCUT2D eigenvalue weighted by molar-refractivity contribution is -0.139. The van der Waals surface area contributed by atoms with Gasteiger partial charge in [-0.3, -0.25) is 9.59 Å². The molecule has 1 heterocycles. The normalized spacial score (nSPS) is 34.1. The highest BCUT2D eigenvalue weighted by Crippen LogP contribution is 2.29. The number of carbonyl (C=O) groups is 3. The number of aliphatic hydroxyl groups is 1. The number of fused-ring (bicyclic) bond motifs is 2. The second-order valence-corrected chi connectivity index (χ2v) is 7.32. The predicted molar refractivity (Wildman–Crippen MR) is 99.9 cm³/mol. The molecular weight excluding hydrogens is 348 g/mol. The van der Waals surface area contributed by atoms with Crippen LogP contribution in [-0.4, -0.2) is 47.6 Å². The van der Waals surface area contributed by atoms with Crippen molar-refractivity contribution in [2.75, 3.05) is 6.61 Å². The highest BCUT2D eigenvalue weighted by atomic mass is 16.6. The second-order valence-electron chi connectivity index (χ2n) is 7.32. The van der Waals surface area contributed by atoms with Gasteiger partial charge in [0.05, 0.1) is 5.57 Å². The van der Waals surface area contributed by atoms with Crippen molar-refractivity contribution in [2.45, 2.75) is 64.8 Å². The maximum absolute atomic E-state index is 12.5. The molecule has 1 aliphatic carbocycles. The molecule has 4 atom stereocenters. The molecule has 0 radical (unpaired) electrons. The summed E-state index contributed by atoms with van der Waals surface area (Å²) in [6.45, 7) is 9.58. The van der Waals surface area contributed by atoms with Gasteiger partial charge in [-0.25, -0.2) is 4.79 Å². The van der Waals surface area contributed by atoms with Gasteiger partial charge in [-0.15, -0.1) is 0 Å². The van der Waals surface area contributed by atoms with Crippen molar-refractivity contribution >= 4 is 17.5 Å². The second kappa shape index (κ2) is 9.24. The van der Waals surface area contributed by atoms with Crippen molar-refractivity contribution in [3.05, 3.63) is 35.5 Å². The van der Waals surface area contributed by atoms with E-state index in [1.54, 1.807) is 19.9 Å². The Morgan fingerprint density at radius 3 is 2.63 bits per heavy atom. The highest BCUT2D eigenvalue weighted by molar-refractivity contribution is 5.97. The number of allylic oxidation sites excluding steroid dienone is 2. The van der Waals surface area contributed by atoms with Crippen LogP contribution in [-0.2, 0) is 23.9 Å². The number of aliphatic hydroxyl groups excluding tert-OH is 1. The molecule has 1 fully saturated rings. The fraction of sp³-hybridized carbons (Fsp3) is 0.571. The first-order valence-corrected chi connectivity index (χ1v) is 9.31. The zero-order chi connectivity index (χ0) is 20.1. The minimum atomic E-state index is -1.05. The van der Waals surface area contributed by atoms with Gasteiger partial charge < -0.3 is 14.6 Å². The first kappa shape index (κ1) is 21.3. The van der Waals surface area contributed by atoms with Gasteiger partial charge in [-0.1, -0.05) is 23.8 Å². The number of carbonyl (C=O) groups excluding carboxylic acids is 3. The third-order valence-electron chi connectivity index (χ3n) is 4.97. The van der Waals surface area contributed by atoms with E-state index >= 15 is 0 Å². The van der Waals surface area contributed by atoms with Crippen LogP contribution in [0.2, 0.25) is 0 Å². The van der Waals surface area contributed by atoms with Gasteiger partial charge in [0.25, 0.3) is 0 Å². The van der Waals surface area contributed by atoms with E-state index in [0.29, 0.717) is 18.6 Å². The molecule has 0 aromatic carbocycles. The van der Waals surface area contributed by atoms with Gasteiger partial charge in [0, 0.05) is 25.9 Å². The average molecular weight is 376 g/mol. The summed E-state index contributed by atoms with van der Waals surface area (Å²) in [5, 5.41) is 10.4. The zero-order valence-corrected chi connectivity index (χ0v) is 16.2. The van der Waals surface area contributed by atoms with Crippen molar-refractivity contribution in [1.82, 2.24) is 0 Å². The third kappa shape index (κ3) is 5.47. The van der Waals surface area contributed by atoms with Gasteiger partial charge in [-0.05, 0) is 39.2 Å². The zero-order valence-electron chi connectivity index (χ0n) is 16.2. The van der Waals surface area contributed by atoms with E-state index in [9.17, 15) is 19.5 Å². The summed E-state index contributed by atoms with van der Waals surface area (Å²) >= 11 is 0. The lowest BCUT2D eigenvalue weighted by atomic mass is 9.88. The quantitative estimate of drug-likeness (QED) is 0.601. The number of Topliss-reactive ketones (excluding diaryl/α,β-unsaturated/α-hetero) is 1. The molecular formula is C21H28O6. The number of hydrogen-bond acceptors (Lipinski definition) is 6. The number of rotatable bonds is 3. The summed E-state index contributed by atoms with van der Waals surface area (Å²) in [5.41, 5.74) is 1.67. The molecule has 2 bridgehead atoms. The third-order valence-corrected chi connectivity index (χ3v) is 4.97. The van der Waals surface area contributed by atoms with E-state index in [1.165, 1.54) is 6.08 Å². The Balaban J connectivity index is 2.36. The molecule has 1 saturated heterocycles. The Labute approximate surface area is 159 Å². The molecule has 148 valence electrons. The Morgan fingerprint density at radius 1 is 1.30 bits per heavy atom. The van der Waals surface area contributed by atoms with Gasteiger partial charge in [-0.2, -0.15) is 0 Å². The highest BCUT2D eigenvalue weighted by Gasteiger charge is 2.38. The molecule has 0 spiro atoms. The van der Waals surface area contributed by atoms with Crippen LogP contribution >= 0.6 is 0 Å². The molecule has 0 aromatic rings.